The van der Waals surface area contributed by atoms with Crippen molar-refractivity contribution in [3.8, 4) is 5.75 Å². The first-order valence-corrected chi connectivity index (χ1v) is 4.92. The Kier molecular flexibility index (Phi) is 11.9. The Labute approximate surface area is 125 Å². The van der Waals surface area contributed by atoms with E-state index in [1.807, 2.05) is 0 Å². The van der Waals surface area contributed by atoms with E-state index in [1.54, 1.807) is 24.3 Å². The van der Waals surface area contributed by atoms with Gasteiger partial charge in [0.2, 0.25) is 0 Å². The molecule has 0 aliphatic rings. The van der Waals surface area contributed by atoms with Crippen molar-refractivity contribution in [2.45, 2.75) is 12.8 Å². The largest absolute Gasteiger partial charge is 2.00 e. The number of carboxylic acids is 1. The van der Waals surface area contributed by atoms with E-state index in [4.69, 9.17) is 0 Å². The third-order valence-electron chi connectivity index (χ3n) is 2.33. The Balaban J connectivity index is -0.000000722. The average Bonchev–Trinajstić information content (AvgIpc) is 2.27. The van der Waals surface area contributed by atoms with Gasteiger partial charge < -0.3 is 31.4 Å². The number of aryl methyl sites for hydroxylation is 1. The summed E-state index contributed by atoms with van der Waals surface area (Å²) in [6, 6.07) is 8.41. The van der Waals surface area contributed by atoms with Crippen LogP contribution in [0, 0.1) is 0 Å². The van der Waals surface area contributed by atoms with E-state index >= 15 is 0 Å². The molecule has 0 bridgehead atoms. The van der Waals surface area contributed by atoms with Gasteiger partial charge >= 0.3 is 17.1 Å². The van der Waals surface area contributed by atoms with Gasteiger partial charge in [-0.1, -0.05) is 30.0 Å². The van der Waals surface area contributed by atoms with Gasteiger partial charge in [-0.15, -0.1) is 0 Å². The van der Waals surface area contributed by atoms with E-state index in [2.05, 4.69) is 4.98 Å². The minimum absolute atomic E-state index is 0. The van der Waals surface area contributed by atoms with Crippen LogP contribution in [0.15, 0.2) is 30.3 Å². The number of para-hydroxylation sites is 1. The summed E-state index contributed by atoms with van der Waals surface area (Å²) in [5.41, 5.74) is 0.985. The summed E-state index contributed by atoms with van der Waals surface area (Å²) >= 11 is 0. The number of carbonyl (C=O) groups excluding carboxylic acids is 1. The molecule has 1 aromatic carbocycles. The number of benzene rings is 1. The molecule has 0 atom stereocenters. The Morgan fingerprint density at radius 1 is 1.15 bits per heavy atom. The molecule has 2 rings (SSSR count). The first-order chi connectivity index (χ1) is 7.66. The zero-order valence-electron chi connectivity index (χ0n) is 10.4. The van der Waals surface area contributed by atoms with Crippen LogP contribution >= 0.6 is 0 Å². The Hall–Kier alpha value is -1.70. The van der Waals surface area contributed by atoms with Crippen molar-refractivity contribution < 1.29 is 48.5 Å². The van der Waals surface area contributed by atoms with E-state index in [-0.39, 0.29) is 52.1 Å². The van der Waals surface area contributed by atoms with Crippen LogP contribution in [0.2, 0.25) is 0 Å². The molecule has 0 saturated carbocycles. The molecule has 0 aliphatic heterocycles. The number of pyridine rings is 1. The number of aliphatic carboxylic acids is 1. The molecule has 7 nitrogen and oxygen atoms in total. The second-order valence-corrected chi connectivity index (χ2v) is 3.50. The SMILES string of the molecule is O.O.O=C([O-])CCc1ccc2cccc([O-])c2n1.[Cu+2].[OH3+]. The number of carboxylic acid groups (broad SMARTS) is 1. The minimum Gasteiger partial charge on any atom is -0.871 e. The fourth-order valence-corrected chi connectivity index (χ4v) is 1.53. The second kappa shape index (κ2) is 10.1. The number of hydrogen-bond donors (Lipinski definition) is 0. The fourth-order valence-electron chi connectivity index (χ4n) is 1.53. The summed E-state index contributed by atoms with van der Waals surface area (Å²) in [4.78, 5) is 14.4. The number of fused-ring (bicyclic) bond motifs is 1. The molecule has 0 spiro atoms. The van der Waals surface area contributed by atoms with E-state index in [9.17, 15) is 15.0 Å². The van der Waals surface area contributed by atoms with E-state index < -0.39 is 5.97 Å². The number of aromatic nitrogens is 1. The van der Waals surface area contributed by atoms with Crippen molar-refractivity contribution >= 4 is 16.9 Å². The molecule has 0 amide bonds. The maximum Gasteiger partial charge on any atom is 2.00 e. The summed E-state index contributed by atoms with van der Waals surface area (Å²) in [6.07, 6.45) is 0.201. The van der Waals surface area contributed by atoms with Gasteiger partial charge in [0.15, 0.2) is 0 Å². The number of rotatable bonds is 3. The van der Waals surface area contributed by atoms with Gasteiger partial charge in [-0.05, 0) is 24.3 Å². The normalized spacial score (nSPS) is 8.40. The first-order valence-electron chi connectivity index (χ1n) is 4.92. The van der Waals surface area contributed by atoms with Gasteiger partial charge in [0.05, 0.1) is 5.52 Å². The van der Waals surface area contributed by atoms with Crippen molar-refractivity contribution in [3.05, 3.63) is 36.0 Å². The van der Waals surface area contributed by atoms with Crippen LogP contribution in [0.1, 0.15) is 12.1 Å². The Morgan fingerprint density at radius 3 is 2.40 bits per heavy atom. The summed E-state index contributed by atoms with van der Waals surface area (Å²) in [5, 5.41) is 22.5. The molecule has 1 aromatic heterocycles. The van der Waals surface area contributed by atoms with Crippen molar-refractivity contribution in [2.24, 2.45) is 0 Å². The zero-order chi connectivity index (χ0) is 11.5. The topological polar surface area (TPSA) is 172 Å². The monoisotopic (exact) mass is 333 g/mol. The molecule has 115 valence electrons. The molecule has 0 saturated heterocycles. The van der Waals surface area contributed by atoms with Crippen molar-refractivity contribution in [1.29, 1.82) is 0 Å². The molecule has 1 heterocycles. The van der Waals surface area contributed by atoms with Gasteiger partial charge in [-0.2, -0.15) is 0 Å². The molecule has 2 aromatic rings. The molecule has 7 N–H and O–H groups in total. The van der Waals surface area contributed by atoms with Crippen LogP contribution in [-0.2, 0) is 33.8 Å². The predicted octanol–water partition coefficient (Wildman–Crippen LogP) is -2.58. The van der Waals surface area contributed by atoms with Crippen LogP contribution in [0.25, 0.3) is 10.9 Å². The van der Waals surface area contributed by atoms with Crippen LogP contribution in [0.5, 0.6) is 5.75 Å². The van der Waals surface area contributed by atoms with Crippen LogP contribution in [0.3, 0.4) is 0 Å². The van der Waals surface area contributed by atoms with E-state index in [0.717, 1.165) is 5.39 Å². The molecule has 0 aliphatic carbocycles. The Bertz CT molecular complexity index is 548. The van der Waals surface area contributed by atoms with E-state index in [1.165, 1.54) is 6.07 Å². The quantitative estimate of drug-likeness (QED) is 0.443. The minimum atomic E-state index is -1.11. The summed E-state index contributed by atoms with van der Waals surface area (Å²) in [6.45, 7) is 0. The maximum atomic E-state index is 11.5. The van der Waals surface area contributed by atoms with Gasteiger partial charge in [-0.25, -0.2) is 0 Å². The molecule has 1 radical (unpaired) electrons. The predicted molar refractivity (Wildman–Crippen MR) is 66.6 cm³/mol. The standard InChI is InChI=1S/C12H11NO3.Cu.3H2O/c14-10-3-1-2-8-4-5-9(13-12(8)10)6-7-11(15)16;;;;/h1-5,14H,6-7H2,(H,15,16);;3*1H2/q;+2;;;/p-1. The molecular weight excluding hydrogens is 318 g/mol. The molecule has 0 fully saturated rings. The summed E-state index contributed by atoms with van der Waals surface area (Å²) < 4.78 is 0. The summed E-state index contributed by atoms with van der Waals surface area (Å²) in [7, 11) is 0. The first kappa shape index (κ1) is 23.4. The second-order valence-electron chi connectivity index (χ2n) is 3.50. The molecule has 0 unspecified atom stereocenters. The molecule has 8 heteroatoms. The number of hydrogen-bond acceptors (Lipinski definition) is 4. The van der Waals surface area contributed by atoms with E-state index in [0.29, 0.717) is 11.2 Å². The van der Waals surface area contributed by atoms with Crippen molar-refractivity contribution in [3.63, 3.8) is 0 Å². The fraction of sp³-hybridized carbons (Fsp3) is 0.167. The van der Waals surface area contributed by atoms with Crippen LogP contribution < -0.4 is 10.2 Å². The number of carbonyl (C=O) groups is 1. The van der Waals surface area contributed by atoms with Crippen LogP contribution in [0.4, 0.5) is 0 Å². The van der Waals surface area contributed by atoms with Crippen LogP contribution in [-0.4, -0.2) is 21.9 Å². The van der Waals surface area contributed by atoms with Gasteiger partial charge in [0, 0.05) is 11.7 Å². The maximum absolute atomic E-state index is 11.5. The smallest absolute Gasteiger partial charge is 0.871 e. The Morgan fingerprint density at radius 2 is 1.80 bits per heavy atom. The average molecular weight is 334 g/mol. The third kappa shape index (κ3) is 5.52. The molecular formula is C12H16CuNO6+. The zero-order valence-corrected chi connectivity index (χ0v) is 11.3. The van der Waals surface area contributed by atoms with Gasteiger partial charge in [0.1, 0.15) is 0 Å². The van der Waals surface area contributed by atoms with Gasteiger partial charge in [0.25, 0.3) is 0 Å². The van der Waals surface area contributed by atoms with Crippen molar-refractivity contribution in [2.75, 3.05) is 0 Å². The number of nitrogens with zero attached hydrogens (tertiary/aromatic N) is 1. The van der Waals surface area contributed by atoms with Crippen molar-refractivity contribution in [1.82, 2.24) is 4.98 Å². The molecule has 20 heavy (non-hydrogen) atoms. The third-order valence-corrected chi connectivity index (χ3v) is 2.33. The summed E-state index contributed by atoms with van der Waals surface area (Å²) in [5.74, 6) is -1.26. The van der Waals surface area contributed by atoms with Gasteiger partial charge in [-0.3, -0.25) is 4.98 Å².